The van der Waals surface area contributed by atoms with Crippen molar-refractivity contribution in [3.05, 3.63) is 115 Å². The molecule has 1 saturated carbocycles. The Labute approximate surface area is 224 Å². The summed E-state index contributed by atoms with van der Waals surface area (Å²) in [7, 11) is 0. The second-order valence-corrected chi connectivity index (χ2v) is 10.8. The van der Waals surface area contributed by atoms with E-state index in [4.69, 9.17) is 0 Å². The largest absolute Gasteiger partial charge is 0.206 e. The summed E-state index contributed by atoms with van der Waals surface area (Å²) in [6, 6.07) is 15.6. The first kappa shape index (κ1) is 26.3. The van der Waals surface area contributed by atoms with Crippen LogP contribution in [0.25, 0.3) is 27.8 Å². The molecule has 0 bridgehead atoms. The average molecular weight is 513 g/mol. The highest BCUT2D eigenvalue weighted by Gasteiger charge is 2.28. The van der Waals surface area contributed by atoms with E-state index in [-0.39, 0.29) is 23.4 Å². The summed E-state index contributed by atoms with van der Waals surface area (Å²) in [4.78, 5) is 0. The molecule has 5 rings (SSSR count). The zero-order valence-corrected chi connectivity index (χ0v) is 21.9. The van der Waals surface area contributed by atoms with Crippen molar-refractivity contribution in [1.82, 2.24) is 0 Å². The van der Waals surface area contributed by atoms with Crippen molar-refractivity contribution in [2.24, 2.45) is 17.8 Å². The molecule has 0 heterocycles. The molecule has 38 heavy (non-hydrogen) atoms. The van der Waals surface area contributed by atoms with Gasteiger partial charge in [-0.05, 0) is 103 Å². The van der Waals surface area contributed by atoms with Crippen LogP contribution in [0, 0.1) is 35.2 Å². The van der Waals surface area contributed by atoms with Gasteiger partial charge in [-0.1, -0.05) is 66.8 Å². The molecule has 1 unspecified atom stereocenters. The number of rotatable bonds is 7. The SMILES string of the molecule is C=CCc1ccc(-c2ccc(-c3ccc(C4=CCC(C5CCC(C=C)CC5)CC4)cc3F)cc2)c(F)c1F. The fourth-order valence-electron chi connectivity index (χ4n) is 6.30. The van der Waals surface area contributed by atoms with Crippen molar-refractivity contribution in [3.8, 4) is 22.3 Å². The summed E-state index contributed by atoms with van der Waals surface area (Å²) in [5.41, 5.74) is 4.41. The van der Waals surface area contributed by atoms with Gasteiger partial charge in [0.2, 0.25) is 0 Å². The Balaban J connectivity index is 1.28. The van der Waals surface area contributed by atoms with Gasteiger partial charge in [0.05, 0.1) is 0 Å². The Morgan fingerprint density at radius 1 is 0.711 bits per heavy atom. The quantitative estimate of drug-likeness (QED) is 0.276. The van der Waals surface area contributed by atoms with Crippen molar-refractivity contribution in [1.29, 1.82) is 0 Å². The zero-order chi connectivity index (χ0) is 26.6. The molecular weight excluding hydrogens is 477 g/mol. The van der Waals surface area contributed by atoms with E-state index in [1.54, 1.807) is 48.5 Å². The monoisotopic (exact) mass is 512 g/mol. The zero-order valence-electron chi connectivity index (χ0n) is 21.9. The van der Waals surface area contributed by atoms with Crippen LogP contribution in [0.5, 0.6) is 0 Å². The molecule has 1 atom stereocenters. The van der Waals surface area contributed by atoms with E-state index in [0.717, 1.165) is 30.2 Å². The second kappa shape index (κ2) is 11.6. The fraction of sp³-hybridized carbons (Fsp3) is 0.314. The van der Waals surface area contributed by atoms with E-state index < -0.39 is 11.6 Å². The van der Waals surface area contributed by atoms with Gasteiger partial charge in [0.25, 0.3) is 0 Å². The van der Waals surface area contributed by atoms with Crippen molar-refractivity contribution >= 4 is 5.57 Å². The van der Waals surface area contributed by atoms with Gasteiger partial charge in [-0.25, -0.2) is 13.2 Å². The van der Waals surface area contributed by atoms with Crippen LogP contribution in [0.2, 0.25) is 0 Å². The average Bonchev–Trinajstić information content (AvgIpc) is 2.96. The lowest BCUT2D eigenvalue weighted by molar-refractivity contribution is 0.212. The van der Waals surface area contributed by atoms with Gasteiger partial charge < -0.3 is 0 Å². The molecule has 0 saturated heterocycles. The molecule has 0 spiro atoms. The van der Waals surface area contributed by atoms with Crippen molar-refractivity contribution in [2.75, 3.05) is 0 Å². The number of hydrogen-bond acceptors (Lipinski definition) is 0. The molecule has 0 radical (unpaired) electrons. The summed E-state index contributed by atoms with van der Waals surface area (Å²) in [6.07, 6.45) is 14.6. The molecular formula is C35H35F3. The van der Waals surface area contributed by atoms with E-state index >= 15 is 4.39 Å². The molecule has 0 aromatic heterocycles. The predicted octanol–water partition coefficient (Wildman–Crippen LogP) is 10.3. The van der Waals surface area contributed by atoms with E-state index in [1.165, 1.54) is 37.7 Å². The van der Waals surface area contributed by atoms with Crippen LogP contribution in [0.1, 0.15) is 56.1 Å². The molecule has 0 nitrogen and oxygen atoms in total. The van der Waals surface area contributed by atoms with Gasteiger partial charge in [-0.15, -0.1) is 13.2 Å². The van der Waals surface area contributed by atoms with E-state index in [1.807, 2.05) is 12.1 Å². The fourth-order valence-corrected chi connectivity index (χ4v) is 6.30. The van der Waals surface area contributed by atoms with Gasteiger partial charge in [-0.3, -0.25) is 0 Å². The molecule has 1 fully saturated rings. The molecule has 3 aromatic carbocycles. The molecule has 196 valence electrons. The summed E-state index contributed by atoms with van der Waals surface area (Å²) in [6.45, 7) is 7.54. The number of benzene rings is 3. The highest BCUT2D eigenvalue weighted by Crippen LogP contribution is 2.42. The van der Waals surface area contributed by atoms with E-state index in [2.05, 4.69) is 25.3 Å². The normalized spacial score (nSPS) is 21.6. The van der Waals surface area contributed by atoms with Crippen molar-refractivity contribution in [2.45, 2.75) is 51.4 Å². The third kappa shape index (κ3) is 5.43. The summed E-state index contributed by atoms with van der Waals surface area (Å²) >= 11 is 0. The third-order valence-electron chi connectivity index (χ3n) is 8.64. The van der Waals surface area contributed by atoms with Crippen molar-refractivity contribution < 1.29 is 13.2 Å². The summed E-state index contributed by atoms with van der Waals surface area (Å²) in [5, 5.41) is 0. The molecule has 0 N–H and O–H groups in total. The van der Waals surface area contributed by atoms with Crippen LogP contribution in [-0.2, 0) is 6.42 Å². The molecule has 3 heteroatoms. The van der Waals surface area contributed by atoms with E-state index in [0.29, 0.717) is 22.6 Å². The first-order chi connectivity index (χ1) is 18.5. The predicted molar refractivity (Wildman–Crippen MR) is 152 cm³/mol. The van der Waals surface area contributed by atoms with Crippen LogP contribution in [0.4, 0.5) is 13.2 Å². The third-order valence-corrected chi connectivity index (χ3v) is 8.64. The van der Waals surface area contributed by atoms with E-state index in [9.17, 15) is 8.78 Å². The second-order valence-electron chi connectivity index (χ2n) is 10.8. The molecule has 2 aliphatic rings. The van der Waals surface area contributed by atoms with Gasteiger partial charge in [0.1, 0.15) is 5.82 Å². The van der Waals surface area contributed by atoms with Crippen LogP contribution < -0.4 is 0 Å². The van der Waals surface area contributed by atoms with Gasteiger partial charge in [0.15, 0.2) is 11.6 Å². The Morgan fingerprint density at radius 2 is 1.37 bits per heavy atom. The Kier molecular flexibility index (Phi) is 8.02. The topological polar surface area (TPSA) is 0 Å². The van der Waals surface area contributed by atoms with Crippen LogP contribution in [0.15, 0.2) is 86.0 Å². The molecule has 0 aliphatic heterocycles. The highest BCUT2D eigenvalue weighted by atomic mass is 19.2. The number of hydrogen-bond donors (Lipinski definition) is 0. The molecule has 2 aliphatic carbocycles. The lowest BCUT2D eigenvalue weighted by atomic mass is 9.71. The van der Waals surface area contributed by atoms with Crippen LogP contribution >= 0.6 is 0 Å². The van der Waals surface area contributed by atoms with Crippen LogP contribution in [0.3, 0.4) is 0 Å². The summed E-state index contributed by atoms with van der Waals surface area (Å²) < 4.78 is 44.3. The lowest BCUT2D eigenvalue weighted by Crippen LogP contribution is -2.22. The van der Waals surface area contributed by atoms with Gasteiger partial charge in [0, 0.05) is 11.1 Å². The molecule has 0 amide bonds. The molecule has 3 aromatic rings. The van der Waals surface area contributed by atoms with Gasteiger partial charge >= 0.3 is 0 Å². The first-order valence-corrected chi connectivity index (χ1v) is 13.8. The maximum Gasteiger partial charge on any atom is 0.166 e. The Morgan fingerprint density at radius 3 is 1.97 bits per heavy atom. The Bertz CT molecular complexity index is 1340. The Hall–Kier alpha value is -3.33. The minimum Gasteiger partial charge on any atom is -0.206 e. The smallest absolute Gasteiger partial charge is 0.166 e. The lowest BCUT2D eigenvalue weighted by Gasteiger charge is -2.34. The van der Waals surface area contributed by atoms with Crippen molar-refractivity contribution in [3.63, 3.8) is 0 Å². The minimum atomic E-state index is -0.875. The summed E-state index contributed by atoms with van der Waals surface area (Å²) in [5.74, 6) is 0.241. The first-order valence-electron chi connectivity index (χ1n) is 13.8. The number of allylic oxidation sites excluding steroid dienone is 4. The van der Waals surface area contributed by atoms with Gasteiger partial charge in [-0.2, -0.15) is 0 Å². The van der Waals surface area contributed by atoms with Crippen LogP contribution in [-0.4, -0.2) is 0 Å². The number of halogens is 3. The maximum atomic E-state index is 15.2. The highest BCUT2D eigenvalue weighted by molar-refractivity contribution is 5.74. The maximum absolute atomic E-state index is 15.2. The standard InChI is InChI=1S/C35H35F3/c1-3-5-29-18-21-32(35(38)34(29)37)28-16-14-27(15-17-28)31-20-19-30(22-33(31)36)26-12-10-25(11-13-26)24-8-6-23(4-2)7-9-24/h3-4,12,14-25H,1-2,5-11,13H2. The minimum absolute atomic E-state index is 0.189.